The van der Waals surface area contributed by atoms with E-state index in [9.17, 15) is 0 Å². The minimum atomic E-state index is 0.157. The minimum Gasteiger partial charge on any atom is -0.396 e. The van der Waals surface area contributed by atoms with Gasteiger partial charge in [-0.3, -0.25) is 0 Å². The number of aryl methyl sites for hydroxylation is 1. The number of hydrogen-bond acceptors (Lipinski definition) is 5. The highest BCUT2D eigenvalue weighted by Crippen LogP contribution is 2.17. The molecule has 1 aromatic rings. The van der Waals surface area contributed by atoms with Crippen molar-refractivity contribution in [1.82, 2.24) is 9.97 Å². The first-order valence-corrected chi connectivity index (χ1v) is 5.63. The number of nitriles is 1. The van der Waals surface area contributed by atoms with Gasteiger partial charge in [-0.2, -0.15) is 5.26 Å². The third kappa shape index (κ3) is 3.86. The van der Waals surface area contributed by atoms with E-state index in [2.05, 4.69) is 9.97 Å². The van der Waals surface area contributed by atoms with Crippen molar-refractivity contribution in [3.63, 3.8) is 0 Å². The van der Waals surface area contributed by atoms with Crippen LogP contribution in [0, 0.1) is 24.2 Å². The fraction of sp³-hybridized carbons (Fsp3) is 0.500. The Morgan fingerprint density at radius 2 is 2.33 bits per heavy atom. The topological polar surface area (TPSA) is 69.8 Å². The van der Waals surface area contributed by atoms with Gasteiger partial charge in [0.2, 0.25) is 0 Å². The summed E-state index contributed by atoms with van der Waals surface area (Å²) in [6.45, 7) is 3.94. The highest BCUT2D eigenvalue weighted by molar-refractivity contribution is 7.99. The van der Waals surface area contributed by atoms with Gasteiger partial charge >= 0.3 is 0 Å². The predicted octanol–water partition coefficient (Wildman–Crippen LogP) is 1.38. The van der Waals surface area contributed by atoms with E-state index < -0.39 is 0 Å². The summed E-state index contributed by atoms with van der Waals surface area (Å²) in [5.74, 6) is 0.967. The summed E-state index contributed by atoms with van der Waals surface area (Å²) in [4.78, 5) is 8.27. The highest BCUT2D eigenvalue weighted by atomic mass is 32.2. The number of aliphatic hydroxyl groups is 1. The number of aromatic nitrogens is 2. The van der Waals surface area contributed by atoms with Crippen LogP contribution in [0.25, 0.3) is 0 Å². The SMILES string of the molecule is Cc1cc(C#N)nc(SCC(C)CO)n1. The largest absolute Gasteiger partial charge is 0.396 e. The maximum atomic E-state index is 8.86. The van der Waals surface area contributed by atoms with Crippen molar-refractivity contribution in [2.24, 2.45) is 5.92 Å². The molecule has 5 heteroatoms. The Hall–Kier alpha value is -1.12. The number of hydrogen-bond donors (Lipinski definition) is 1. The summed E-state index contributed by atoms with van der Waals surface area (Å²) in [5.41, 5.74) is 1.18. The Bertz CT molecular complexity index is 375. The van der Waals surface area contributed by atoms with Gasteiger partial charge in [-0.05, 0) is 18.9 Å². The van der Waals surface area contributed by atoms with Crippen LogP contribution >= 0.6 is 11.8 Å². The number of rotatable bonds is 4. The molecule has 0 aliphatic rings. The van der Waals surface area contributed by atoms with Crippen LogP contribution in [-0.2, 0) is 0 Å². The molecular formula is C10H13N3OS. The summed E-state index contributed by atoms with van der Waals surface area (Å²) in [6.07, 6.45) is 0. The Balaban J connectivity index is 2.69. The monoisotopic (exact) mass is 223 g/mol. The van der Waals surface area contributed by atoms with Crippen LogP contribution in [0.3, 0.4) is 0 Å². The maximum Gasteiger partial charge on any atom is 0.189 e. The number of aliphatic hydroxyl groups excluding tert-OH is 1. The van der Waals surface area contributed by atoms with Crippen molar-refractivity contribution in [3.8, 4) is 6.07 Å². The van der Waals surface area contributed by atoms with Gasteiger partial charge in [-0.15, -0.1) is 0 Å². The van der Waals surface area contributed by atoms with Crippen molar-refractivity contribution in [2.75, 3.05) is 12.4 Å². The molecule has 0 aliphatic heterocycles. The van der Waals surface area contributed by atoms with Gasteiger partial charge in [0.25, 0.3) is 0 Å². The number of nitrogens with zero attached hydrogens (tertiary/aromatic N) is 3. The van der Waals surface area contributed by atoms with E-state index in [1.165, 1.54) is 11.8 Å². The summed E-state index contributed by atoms with van der Waals surface area (Å²) in [6, 6.07) is 3.65. The molecule has 15 heavy (non-hydrogen) atoms. The molecule has 0 amide bonds. The summed E-state index contributed by atoms with van der Waals surface area (Å²) in [5, 5.41) is 18.2. The van der Waals surface area contributed by atoms with Crippen molar-refractivity contribution in [2.45, 2.75) is 19.0 Å². The standard InChI is InChI=1S/C10H13N3OS/c1-7(5-14)6-15-10-12-8(2)3-9(4-11)13-10/h3,7,14H,5-6H2,1-2H3. The van der Waals surface area contributed by atoms with E-state index in [1.807, 2.05) is 19.9 Å². The average molecular weight is 223 g/mol. The molecule has 1 N–H and O–H groups in total. The van der Waals surface area contributed by atoms with Crippen LogP contribution in [0.15, 0.2) is 11.2 Å². The lowest BCUT2D eigenvalue weighted by molar-refractivity contribution is 0.250. The van der Waals surface area contributed by atoms with E-state index in [1.54, 1.807) is 6.07 Å². The molecule has 0 aliphatic carbocycles. The molecule has 1 aromatic heterocycles. The molecule has 0 aromatic carbocycles. The van der Waals surface area contributed by atoms with Crippen molar-refractivity contribution in [3.05, 3.63) is 17.5 Å². The molecule has 1 rings (SSSR count). The molecule has 0 spiro atoms. The molecule has 0 fully saturated rings. The van der Waals surface area contributed by atoms with Crippen LogP contribution in [0.2, 0.25) is 0 Å². The molecule has 1 unspecified atom stereocenters. The molecule has 0 saturated carbocycles. The summed E-state index contributed by atoms with van der Waals surface area (Å²) >= 11 is 1.46. The zero-order chi connectivity index (χ0) is 11.3. The van der Waals surface area contributed by atoms with Gasteiger partial charge in [0.1, 0.15) is 11.8 Å². The normalized spacial score (nSPS) is 12.1. The third-order valence-corrected chi connectivity index (χ3v) is 2.93. The second-order valence-electron chi connectivity index (χ2n) is 3.39. The Labute approximate surface area is 93.4 Å². The Kier molecular flexibility index (Phi) is 4.53. The third-order valence-electron chi connectivity index (χ3n) is 1.76. The van der Waals surface area contributed by atoms with Crippen LogP contribution in [0.1, 0.15) is 18.3 Å². The summed E-state index contributed by atoms with van der Waals surface area (Å²) < 4.78 is 0. The van der Waals surface area contributed by atoms with Gasteiger partial charge in [-0.1, -0.05) is 18.7 Å². The fourth-order valence-corrected chi connectivity index (χ4v) is 1.84. The van der Waals surface area contributed by atoms with Crippen LogP contribution < -0.4 is 0 Å². The van der Waals surface area contributed by atoms with Gasteiger partial charge in [0.05, 0.1) is 0 Å². The lowest BCUT2D eigenvalue weighted by Crippen LogP contribution is -2.04. The molecule has 0 saturated heterocycles. The van der Waals surface area contributed by atoms with E-state index >= 15 is 0 Å². The van der Waals surface area contributed by atoms with Crippen molar-refractivity contribution >= 4 is 11.8 Å². The molecular weight excluding hydrogens is 210 g/mol. The zero-order valence-electron chi connectivity index (χ0n) is 8.77. The second-order valence-corrected chi connectivity index (χ2v) is 4.37. The predicted molar refractivity (Wildman–Crippen MR) is 58.5 cm³/mol. The van der Waals surface area contributed by atoms with E-state index in [4.69, 9.17) is 10.4 Å². The molecule has 1 heterocycles. The molecule has 80 valence electrons. The number of thioether (sulfide) groups is 1. The first kappa shape index (κ1) is 12.0. The molecule has 4 nitrogen and oxygen atoms in total. The Morgan fingerprint density at radius 3 is 2.93 bits per heavy atom. The van der Waals surface area contributed by atoms with Gasteiger partial charge < -0.3 is 5.11 Å². The summed E-state index contributed by atoms with van der Waals surface area (Å²) in [7, 11) is 0. The van der Waals surface area contributed by atoms with E-state index in [0.717, 1.165) is 11.4 Å². The maximum absolute atomic E-state index is 8.86. The Morgan fingerprint density at radius 1 is 1.60 bits per heavy atom. The average Bonchev–Trinajstić information content (AvgIpc) is 2.25. The second kappa shape index (κ2) is 5.69. The van der Waals surface area contributed by atoms with Crippen LogP contribution in [0.5, 0.6) is 0 Å². The fourth-order valence-electron chi connectivity index (χ4n) is 0.933. The van der Waals surface area contributed by atoms with Crippen LogP contribution in [-0.4, -0.2) is 27.4 Å². The van der Waals surface area contributed by atoms with Crippen molar-refractivity contribution in [1.29, 1.82) is 5.26 Å². The highest BCUT2D eigenvalue weighted by Gasteiger charge is 2.05. The van der Waals surface area contributed by atoms with Gasteiger partial charge in [0, 0.05) is 18.1 Å². The minimum absolute atomic E-state index is 0.157. The molecule has 0 radical (unpaired) electrons. The van der Waals surface area contributed by atoms with Crippen LogP contribution in [0.4, 0.5) is 0 Å². The zero-order valence-corrected chi connectivity index (χ0v) is 9.58. The van der Waals surface area contributed by atoms with Crippen molar-refractivity contribution < 1.29 is 5.11 Å². The van der Waals surface area contributed by atoms with Gasteiger partial charge in [-0.25, -0.2) is 9.97 Å². The first-order chi connectivity index (χ1) is 7.15. The van der Waals surface area contributed by atoms with Gasteiger partial charge in [0.15, 0.2) is 5.16 Å². The quantitative estimate of drug-likeness (QED) is 0.616. The lowest BCUT2D eigenvalue weighted by Gasteiger charge is -2.06. The van der Waals surface area contributed by atoms with E-state index in [0.29, 0.717) is 10.9 Å². The van der Waals surface area contributed by atoms with E-state index in [-0.39, 0.29) is 12.5 Å². The smallest absolute Gasteiger partial charge is 0.189 e. The first-order valence-electron chi connectivity index (χ1n) is 4.65. The molecule has 0 bridgehead atoms. The lowest BCUT2D eigenvalue weighted by atomic mass is 10.2. The molecule has 1 atom stereocenters.